The van der Waals surface area contributed by atoms with Crippen molar-refractivity contribution in [3.05, 3.63) is 50.6 Å². The van der Waals surface area contributed by atoms with Crippen LogP contribution in [0.5, 0.6) is 0 Å². The molecule has 3 aromatic rings. The van der Waals surface area contributed by atoms with Crippen LogP contribution in [0.1, 0.15) is 28.8 Å². The fraction of sp³-hybridized carbons (Fsp3) is 0.400. The van der Waals surface area contributed by atoms with E-state index in [1.807, 2.05) is 31.2 Å². The van der Waals surface area contributed by atoms with Crippen LogP contribution in [-0.4, -0.2) is 32.5 Å². The number of aromatic nitrogens is 2. The fourth-order valence-corrected chi connectivity index (χ4v) is 4.93. The number of fused-ring (bicyclic) bond motifs is 3. The molecule has 0 spiro atoms. The number of nitrogens with zero attached hydrogens (tertiary/aromatic N) is 2. The first-order valence-electron chi connectivity index (χ1n) is 8.99. The maximum atomic E-state index is 13.3. The number of aliphatic hydroxyl groups excluding tert-OH is 2. The average Bonchev–Trinajstić information content (AvgIpc) is 3.02. The molecule has 0 bridgehead atoms. The standard InChI is InChI=1S/C20H22N2O3S/c1-12-5-4-6-13(9-12)18-21-19-17(15-7-2-3-8-16(15)26-19)20(25)22(18)10-14(24)11-23/h4-6,9,14,23-24H,2-3,7-8,10-11H2,1H3. The van der Waals surface area contributed by atoms with Gasteiger partial charge >= 0.3 is 0 Å². The molecule has 0 amide bonds. The van der Waals surface area contributed by atoms with Gasteiger partial charge in [-0.25, -0.2) is 4.98 Å². The Morgan fingerprint density at radius 1 is 1.31 bits per heavy atom. The molecular formula is C20H22N2O3S. The van der Waals surface area contributed by atoms with Gasteiger partial charge in [-0.1, -0.05) is 23.8 Å². The van der Waals surface area contributed by atoms with Crippen molar-refractivity contribution in [2.75, 3.05) is 6.61 Å². The minimum atomic E-state index is -0.995. The molecule has 1 aliphatic rings. The van der Waals surface area contributed by atoms with Crippen molar-refractivity contribution in [1.82, 2.24) is 9.55 Å². The molecule has 6 heteroatoms. The summed E-state index contributed by atoms with van der Waals surface area (Å²) in [5.41, 5.74) is 2.95. The molecule has 0 saturated heterocycles. The molecule has 1 unspecified atom stereocenters. The Bertz CT molecular complexity index is 1020. The largest absolute Gasteiger partial charge is 0.394 e. The minimum absolute atomic E-state index is 0.0339. The highest BCUT2D eigenvalue weighted by Gasteiger charge is 2.23. The summed E-state index contributed by atoms with van der Waals surface area (Å²) in [7, 11) is 0. The molecule has 0 fully saturated rings. The van der Waals surface area contributed by atoms with Crippen molar-refractivity contribution in [3.8, 4) is 11.4 Å². The molecule has 0 saturated carbocycles. The van der Waals surface area contributed by atoms with E-state index in [9.17, 15) is 15.0 Å². The molecule has 5 nitrogen and oxygen atoms in total. The molecule has 136 valence electrons. The third kappa shape index (κ3) is 2.98. The number of aryl methyl sites for hydroxylation is 3. The molecule has 2 aromatic heterocycles. The molecule has 1 aromatic carbocycles. The summed E-state index contributed by atoms with van der Waals surface area (Å²) in [4.78, 5) is 20.2. The maximum Gasteiger partial charge on any atom is 0.262 e. The summed E-state index contributed by atoms with van der Waals surface area (Å²) < 4.78 is 1.53. The molecule has 1 aliphatic carbocycles. The number of hydrogen-bond acceptors (Lipinski definition) is 5. The Balaban J connectivity index is 2.00. The van der Waals surface area contributed by atoms with Gasteiger partial charge in [0.25, 0.3) is 5.56 Å². The summed E-state index contributed by atoms with van der Waals surface area (Å²) >= 11 is 1.62. The first-order valence-corrected chi connectivity index (χ1v) is 9.81. The van der Waals surface area contributed by atoms with Crippen LogP contribution in [0.15, 0.2) is 29.1 Å². The molecule has 4 rings (SSSR count). The Morgan fingerprint density at radius 3 is 2.88 bits per heavy atom. The van der Waals surface area contributed by atoms with Gasteiger partial charge in [-0.15, -0.1) is 11.3 Å². The van der Waals surface area contributed by atoms with Gasteiger partial charge in [0, 0.05) is 10.4 Å². The summed E-state index contributed by atoms with van der Waals surface area (Å²) in [6.07, 6.45) is 3.18. The topological polar surface area (TPSA) is 75.4 Å². The summed E-state index contributed by atoms with van der Waals surface area (Å²) in [5, 5.41) is 20.0. The van der Waals surface area contributed by atoms with Gasteiger partial charge in [0.15, 0.2) is 0 Å². The van der Waals surface area contributed by atoms with Gasteiger partial charge < -0.3 is 10.2 Å². The van der Waals surface area contributed by atoms with Crippen LogP contribution in [0, 0.1) is 6.92 Å². The van der Waals surface area contributed by atoms with Gasteiger partial charge in [-0.05, 0) is 44.2 Å². The van der Waals surface area contributed by atoms with E-state index in [1.165, 1.54) is 9.44 Å². The number of benzene rings is 1. The average molecular weight is 370 g/mol. The molecular weight excluding hydrogens is 348 g/mol. The van der Waals surface area contributed by atoms with Crippen LogP contribution >= 0.6 is 11.3 Å². The van der Waals surface area contributed by atoms with E-state index in [-0.39, 0.29) is 18.7 Å². The van der Waals surface area contributed by atoms with Gasteiger partial charge in [-0.2, -0.15) is 0 Å². The highest BCUT2D eigenvalue weighted by Crippen LogP contribution is 2.34. The Labute approximate surface area is 155 Å². The number of hydrogen-bond donors (Lipinski definition) is 2. The lowest BCUT2D eigenvalue weighted by atomic mass is 9.97. The zero-order valence-electron chi connectivity index (χ0n) is 14.7. The molecule has 1 atom stereocenters. The zero-order chi connectivity index (χ0) is 18.3. The van der Waals surface area contributed by atoms with Crippen molar-refractivity contribution in [2.45, 2.75) is 45.3 Å². The molecule has 2 heterocycles. The van der Waals surface area contributed by atoms with E-state index in [0.29, 0.717) is 11.2 Å². The quantitative estimate of drug-likeness (QED) is 0.740. The van der Waals surface area contributed by atoms with Crippen LogP contribution < -0.4 is 5.56 Å². The van der Waals surface area contributed by atoms with Crippen LogP contribution in [0.2, 0.25) is 0 Å². The highest BCUT2D eigenvalue weighted by atomic mass is 32.1. The van der Waals surface area contributed by atoms with Crippen LogP contribution in [0.4, 0.5) is 0 Å². The van der Waals surface area contributed by atoms with E-state index in [1.54, 1.807) is 11.3 Å². The summed E-state index contributed by atoms with van der Waals surface area (Å²) in [5.74, 6) is 0.553. The number of rotatable bonds is 4. The first kappa shape index (κ1) is 17.4. The van der Waals surface area contributed by atoms with E-state index in [0.717, 1.165) is 47.2 Å². The predicted molar refractivity (Wildman–Crippen MR) is 104 cm³/mol. The predicted octanol–water partition coefficient (Wildman–Crippen LogP) is 2.67. The summed E-state index contributed by atoms with van der Waals surface area (Å²) in [6.45, 7) is 1.64. The van der Waals surface area contributed by atoms with Crippen molar-refractivity contribution in [2.24, 2.45) is 0 Å². The van der Waals surface area contributed by atoms with E-state index < -0.39 is 6.10 Å². The minimum Gasteiger partial charge on any atom is -0.394 e. The Morgan fingerprint density at radius 2 is 2.12 bits per heavy atom. The first-order chi connectivity index (χ1) is 12.6. The lowest BCUT2D eigenvalue weighted by Gasteiger charge is -2.16. The van der Waals surface area contributed by atoms with Gasteiger partial charge in [-0.3, -0.25) is 9.36 Å². The van der Waals surface area contributed by atoms with Gasteiger partial charge in [0.1, 0.15) is 10.7 Å². The third-order valence-electron chi connectivity index (χ3n) is 4.96. The monoisotopic (exact) mass is 370 g/mol. The molecule has 26 heavy (non-hydrogen) atoms. The van der Waals surface area contributed by atoms with Crippen molar-refractivity contribution in [3.63, 3.8) is 0 Å². The van der Waals surface area contributed by atoms with Crippen LogP contribution in [-0.2, 0) is 19.4 Å². The SMILES string of the molecule is Cc1cccc(-c2nc3sc4c(c3c(=O)n2CC(O)CO)CCCC4)c1. The number of aliphatic hydroxyl groups is 2. The maximum absolute atomic E-state index is 13.3. The van der Waals surface area contributed by atoms with E-state index in [2.05, 4.69) is 0 Å². The van der Waals surface area contributed by atoms with Crippen LogP contribution in [0.25, 0.3) is 21.6 Å². The zero-order valence-corrected chi connectivity index (χ0v) is 15.6. The second kappa shape index (κ2) is 6.95. The van der Waals surface area contributed by atoms with Gasteiger partial charge in [0.2, 0.25) is 0 Å². The van der Waals surface area contributed by atoms with Crippen LogP contribution in [0.3, 0.4) is 0 Å². The van der Waals surface area contributed by atoms with Crippen molar-refractivity contribution >= 4 is 21.6 Å². The Kier molecular flexibility index (Phi) is 4.65. The lowest BCUT2D eigenvalue weighted by molar-refractivity contribution is 0.0807. The van der Waals surface area contributed by atoms with E-state index in [4.69, 9.17) is 4.98 Å². The second-order valence-electron chi connectivity index (χ2n) is 6.95. The normalized spacial score (nSPS) is 15.2. The molecule has 0 aliphatic heterocycles. The summed E-state index contributed by atoms with van der Waals surface area (Å²) in [6, 6.07) is 7.85. The Hall–Kier alpha value is -2.02. The lowest BCUT2D eigenvalue weighted by Crippen LogP contribution is -2.30. The highest BCUT2D eigenvalue weighted by molar-refractivity contribution is 7.18. The molecule has 2 N–H and O–H groups in total. The second-order valence-corrected chi connectivity index (χ2v) is 8.03. The third-order valence-corrected chi connectivity index (χ3v) is 6.14. The van der Waals surface area contributed by atoms with Crippen molar-refractivity contribution in [1.29, 1.82) is 0 Å². The number of thiophene rings is 1. The van der Waals surface area contributed by atoms with E-state index >= 15 is 0 Å². The van der Waals surface area contributed by atoms with Crippen molar-refractivity contribution < 1.29 is 10.2 Å². The smallest absolute Gasteiger partial charge is 0.262 e. The fourth-order valence-electron chi connectivity index (χ4n) is 3.68. The molecule has 0 radical (unpaired) electrons. The van der Waals surface area contributed by atoms with Gasteiger partial charge in [0.05, 0.1) is 24.6 Å².